The summed E-state index contributed by atoms with van der Waals surface area (Å²) in [6.45, 7) is 2.67. The number of amides is 2. The van der Waals surface area contributed by atoms with Crippen molar-refractivity contribution in [2.24, 2.45) is 0 Å². The summed E-state index contributed by atoms with van der Waals surface area (Å²) in [5.41, 5.74) is -0.270. The van der Waals surface area contributed by atoms with E-state index in [9.17, 15) is 9.59 Å². The minimum absolute atomic E-state index is 0.107. The Morgan fingerprint density at radius 3 is 2.72 bits per heavy atom. The lowest BCUT2D eigenvalue weighted by molar-refractivity contribution is -0.143. The second kappa shape index (κ2) is 7.04. The molecule has 0 unspecified atom stereocenters. The van der Waals surface area contributed by atoms with Crippen LogP contribution in [0.4, 0.5) is 0 Å². The van der Waals surface area contributed by atoms with Gasteiger partial charge in [-0.3, -0.25) is 9.59 Å². The van der Waals surface area contributed by atoms with Crippen molar-refractivity contribution in [2.75, 3.05) is 13.6 Å². The molecule has 0 aliphatic carbocycles. The SMILES string of the molecule is CN(Cc1ncon1)C(=O)[C@@]1(C)CCCCN1C(=O)c1ccccc1. The van der Waals surface area contributed by atoms with Crippen molar-refractivity contribution in [3.05, 3.63) is 48.1 Å². The van der Waals surface area contributed by atoms with E-state index in [2.05, 4.69) is 10.1 Å². The Morgan fingerprint density at radius 2 is 2.04 bits per heavy atom. The first kappa shape index (κ1) is 17.1. The number of hydrogen-bond acceptors (Lipinski definition) is 5. The van der Waals surface area contributed by atoms with E-state index in [1.807, 2.05) is 25.1 Å². The molecule has 3 rings (SSSR count). The van der Waals surface area contributed by atoms with Crippen molar-refractivity contribution in [1.29, 1.82) is 0 Å². The molecule has 25 heavy (non-hydrogen) atoms. The van der Waals surface area contributed by atoms with Crippen LogP contribution in [0, 0.1) is 0 Å². The summed E-state index contributed by atoms with van der Waals surface area (Å²) in [5.74, 6) is 0.224. The Bertz CT molecular complexity index is 732. The number of carbonyl (C=O) groups excluding carboxylic acids is 2. The fourth-order valence-corrected chi connectivity index (χ4v) is 3.36. The summed E-state index contributed by atoms with van der Waals surface area (Å²) in [5, 5.41) is 3.75. The quantitative estimate of drug-likeness (QED) is 0.850. The monoisotopic (exact) mass is 342 g/mol. The molecule has 0 bridgehead atoms. The van der Waals surface area contributed by atoms with Crippen molar-refractivity contribution in [2.45, 2.75) is 38.3 Å². The fraction of sp³-hybridized carbons (Fsp3) is 0.444. The molecule has 2 amide bonds. The molecule has 2 heterocycles. The number of nitrogens with zero attached hydrogens (tertiary/aromatic N) is 4. The first-order chi connectivity index (χ1) is 12.0. The molecular formula is C18H22N4O3. The molecule has 0 N–H and O–H groups in total. The van der Waals surface area contributed by atoms with Gasteiger partial charge in [0, 0.05) is 19.2 Å². The van der Waals surface area contributed by atoms with E-state index >= 15 is 0 Å². The van der Waals surface area contributed by atoms with Gasteiger partial charge in [-0.25, -0.2) is 0 Å². The number of likely N-dealkylation sites (tertiary alicyclic amines) is 1. The zero-order chi connectivity index (χ0) is 17.9. The molecule has 1 aliphatic heterocycles. The van der Waals surface area contributed by atoms with Crippen LogP contribution < -0.4 is 0 Å². The summed E-state index contributed by atoms with van der Waals surface area (Å²) < 4.78 is 4.72. The van der Waals surface area contributed by atoms with Crippen molar-refractivity contribution < 1.29 is 14.1 Å². The van der Waals surface area contributed by atoms with E-state index in [-0.39, 0.29) is 18.4 Å². The van der Waals surface area contributed by atoms with Gasteiger partial charge in [-0.2, -0.15) is 4.98 Å². The Labute approximate surface area is 146 Å². The van der Waals surface area contributed by atoms with E-state index in [1.165, 1.54) is 6.39 Å². The van der Waals surface area contributed by atoms with Crippen molar-refractivity contribution in [3.63, 3.8) is 0 Å². The minimum Gasteiger partial charge on any atom is -0.343 e. The maximum Gasteiger partial charge on any atom is 0.254 e. The molecule has 1 aliphatic rings. The molecule has 1 saturated heterocycles. The van der Waals surface area contributed by atoms with Gasteiger partial charge >= 0.3 is 0 Å². The highest BCUT2D eigenvalue weighted by Crippen LogP contribution is 2.31. The summed E-state index contributed by atoms with van der Waals surface area (Å²) >= 11 is 0. The Kier molecular flexibility index (Phi) is 4.83. The highest BCUT2D eigenvalue weighted by molar-refractivity contribution is 5.99. The molecule has 7 nitrogen and oxygen atoms in total. The average molecular weight is 342 g/mol. The maximum absolute atomic E-state index is 13.1. The van der Waals surface area contributed by atoms with Gasteiger partial charge in [0.25, 0.3) is 5.91 Å². The second-order valence-electron chi connectivity index (χ2n) is 6.56. The first-order valence-electron chi connectivity index (χ1n) is 8.40. The predicted octanol–water partition coefficient (Wildman–Crippen LogP) is 2.11. The van der Waals surface area contributed by atoms with Gasteiger partial charge in [0.2, 0.25) is 12.3 Å². The van der Waals surface area contributed by atoms with Crippen molar-refractivity contribution in [3.8, 4) is 0 Å². The number of aromatic nitrogens is 2. The van der Waals surface area contributed by atoms with Crippen molar-refractivity contribution in [1.82, 2.24) is 19.9 Å². The van der Waals surface area contributed by atoms with Gasteiger partial charge in [0.15, 0.2) is 5.82 Å². The van der Waals surface area contributed by atoms with Gasteiger partial charge in [-0.15, -0.1) is 0 Å². The van der Waals surface area contributed by atoms with E-state index in [1.54, 1.807) is 29.0 Å². The smallest absolute Gasteiger partial charge is 0.254 e. The molecule has 1 aromatic heterocycles. The normalized spacial score (nSPS) is 20.3. The van der Waals surface area contributed by atoms with Crippen LogP contribution in [-0.2, 0) is 11.3 Å². The zero-order valence-electron chi connectivity index (χ0n) is 14.5. The molecule has 132 valence electrons. The first-order valence-corrected chi connectivity index (χ1v) is 8.40. The number of benzene rings is 1. The lowest BCUT2D eigenvalue weighted by Gasteiger charge is -2.45. The number of likely N-dealkylation sites (N-methyl/N-ethyl adjacent to an activating group) is 1. The molecule has 1 atom stereocenters. The number of piperidine rings is 1. The number of rotatable bonds is 4. The van der Waals surface area contributed by atoms with E-state index in [0.717, 1.165) is 12.8 Å². The summed E-state index contributed by atoms with van der Waals surface area (Å²) in [6, 6.07) is 9.10. The van der Waals surface area contributed by atoms with Crippen molar-refractivity contribution >= 4 is 11.8 Å². The predicted molar refractivity (Wildman–Crippen MR) is 90.5 cm³/mol. The van der Waals surface area contributed by atoms with Crippen LogP contribution in [0.25, 0.3) is 0 Å². The molecule has 0 saturated carbocycles. The lowest BCUT2D eigenvalue weighted by atomic mass is 9.86. The van der Waals surface area contributed by atoms with Gasteiger partial charge in [-0.05, 0) is 38.3 Å². The van der Waals surface area contributed by atoms with Gasteiger partial charge < -0.3 is 14.3 Å². The summed E-state index contributed by atoms with van der Waals surface area (Å²) in [7, 11) is 1.70. The Balaban J connectivity index is 1.82. The molecule has 1 fully saturated rings. The van der Waals surface area contributed by atoms with Gasteiger partial charge in [-0.1, -0.05) is 23.4 Å². The number of hydrogen-bond donors (Lipinski definition) is 0. The molecule has 0 spiro atoms. The van der Waals surface area contributed by atoms with Crippen LogP contribution in [0.3, 0.4) is 0 Å². The summed E-state index contributed by atoms with van der Waals surface area (Å²) in [6.07, 6.45) is 3.69. The number of carbonyl (C=O) groups is 2. The largest absolute Gasteiger partial charge is 0.343 e. The third-order valence-corrected chi connectivity index (χ3v) is 4.75. The van der Waals surface area contributed by atoms with Crippen LogP contribution in [0.5, 0.6) is 0 Å². The van der Waals surface area contributed by atoms with Crippen LogP contribution >= 0.6 is 0 Å². The highest BCUT2D eigenvalue weighted by Gasteiger charge is 2.45. The third kappa shape index (κ3) is 3.40. The van der Waals surface area contributed by atoms with E-state index < -0.39 is 5.54 Å². The van der Waals surface area contributed by atoms with Gasteiger partial charge in [0.05, 0.1) is 6.54 Å². The Hall–Kier alpha value is -2.70. The standard InChI is InChI=1S/C18H22N4O3/c1-18(17(24)21(2)12-15-19-13-25-20-15)10-6-7-11-22(18)16(23)14-8-4-3-5-9-14/h3-5,8-9,13H,6-7,10-12H2,1-2H3/t18-/m1/s1. The highest BCUT2D eigenvalue weighted by atomic mass is 16.5. The molecule has 0 radical (unpaired) electrons. The topological polar surface area (TPSA) is 79.5 Å². The molecule has 7 heteroatoms. The van der Waals surface area contributed by atoms with Gasteiger partial charge in [0.1, 0.15) is 5.54 Å². The average Bonchev–Trinajstić information content (AvgIpc) is 3.14. The minimum atomic E-state index is -0.871. The Morgan fingerprint density at radius 1 is 1.28 bits per heavy atom. The summed E-state index contributed by atoms with van der Waals surface area (Å²) in [4.78, 5) is 33.3. The third-order valence-electron chi connectivity index (χ3n) is 4.75. The van der Waals surface area contributed by atoms with Crippen LogP contribution in [0.2, 0.25) is 0 Å². The zero-order valence-corrected chi connectivity index (χ0v) is 14.5. The van der Waals surface area contributed by atoms with E-state index in [0.29, 0.717) is 24.4 Å². The molecule has 1 aromatic carbocycles. The maximum atomic E-state index is 13.1. The van der Waals surface area contributed by atoms with Crippen LogP contribution in [0.15, 0.2) is 41.2 Å². The molecular weight excluding hydrogens is 320 g/mol. The lowest BCUT2D eigenvalue weighted by Crippen LogP contribution is -2.61. The van der Waals surface area contributed by atoms with Crippen LogP contribution in [0.1, 0.15) is 42.4 Å². The van der Waals surface area contributed by atoms with Crippen LogP contribution in [-0.4, -0.2) is 50.9 Å². The fourth-order valence-electron chi connectivity index (χ4n) is 3.36. The second-order valence-corrected chi connectivity index (χ2v) is 6.56. The molecule has 2 aromatic rings. The van der Waals surface area contributed by atoms with E-state index in [4.69, 9.17) is 4.52 Å².